The van der Waals surface area contributed by atoms with Crippen molar-refractivity contribution in [3.05, 3.63) is 54.4 Å². The van der Waals surface area contributed by atoms with Crippen molar-refractivity contribution in [1.29, 1.82) is 0 Å². The van der Waals surface area contributed by atoms with E-state index in [0.717, 1.165) is 17.1 Å². The average Bonchev–Trinajstić information content (AvgIpc) is 2.83. The van der Waals surface area contributed by atoms with Crippen LogP contribution in [0.15, 0.2) is 43.1 Å². The van der Waals surface area contributed by atoms with Crippen molar-refractivity contribution in [1.82, 2.24) is 9.78 Å². The van der Waals surface area contributed by atoms with Crippen LogP contribution >= 0.6 is 0 Å². The van der Waals surface area contributed by atoms with Crippen LogP contribution in [0.5, 0.6) is 0 Å². The van der Waals surface area contributed by atoms with Gasteiger partial charge in [0.2, 0.25) is 5.91 Å². The van der Waals surface area contributed by atoms with Gasteiger partial charge in [0.25, 0.3) is 0 Å². The number of carbonyl (C=O) groups is 1. The Hall–Kier alpha value is -2.36. The van der Waals surface area contributed by atoms with E-state index < -0.39 is 0 Å². The van der Waals surface area contributed by atoms with Crippen LogP contribution in [0.25, 0.3) is 5.69 Å². The van der Waals surface area contributed by atoms with Crippen LogP contribution in [0.1, 0.15) is 31.0 Å². The highest BCUT2D eigenvalue weighted by molar-refractivity contribution is 5.99. The average molecular weight is 269 g/mol. The summed E-state index contributed by atoms with van der Waals surface area (Å²) in [5.41, 5.74) is 3.89. The zero-order valence-corrected chi connectivity index (χ0v) is 12.1. The smallest absolute Gasteiger partial charge is 0.247 e. The molecule has 2 aromatic rings. The number of hydrogen-bond acceptors (Lipinski definition) is 2. The molecule has 4 heteroatoms. The third-order valence-corrected chi connectivity index (χ3v) is 3.08. The molecule has 1 amide bonds. The number of hydrogen-bond donors (Lipinski definition) is 1. The molecule has 0 aliphatic rings. The fourth-order valence-electron chi connectivity index (χ4n) is 2.09. The number of aryl methyl sites for hydroxylation is 1. The van der Waals surface area contributed by atoms with Gasteiger partial charge in [-0.05, 0) is 31.1 Å². The lowest BCUT2D eigenvalue weighted by molar-refractivity contribution is -0.111. The first-order valence-electron chi connectivity index (χ1n) is 6.61. The van der Waals surface area contributed by atoms with Crippen LogP contribution in [0, 0.1) is 6.92 Å². The van der Waals surface area contributed by atoms with Crippen LogP contribution < -0.4 is 5.32 Å². The van der Waals surface area contributed by atoms with Crippen molar-refractivity contribution >= 4 is 11.6 Å². The summed E-state index contributed by atoms with van der Waals surface area (Å²) in [6.45, 7) is 9.66. The van der Waals surface area contributed by atoms with Crippen molar-refractivity contribution in [3.8, 4) is 5.69 Å². The molecule has 2 rings (SSSR count). The number of benzene rings is 1. The molecular weight excluding hydrogens is 250 g/mol. The highest BCUT2D eigenvalue weighted by atomic mass is 16.1. The van der Waals surface area contributed by atoms with E-state index in [4.69, 9.17) is 0 Å². The molecule has 1 N–H and O–H groups in total. The molecule has 0 unspecified atom stereocenters. The molecule has 0 saturated heterocycles. The van der Waals surface area contributed by atoms with E-state index in [2.05, 4.69) is 30.8 Å². The molecule has 1 aromatic heterocycles. The van der Waals surface area contributed by atoms with Crippen molar-refractivity contribution in [2.24, 2.45) is 0 Å². The van der Waals surface area contributed by atoms with Crippen molar-refractivity contribution in [2.45, 2.75) is 26.7 Å². The summed E-state index contributed by atoms with van der Waals surface area (Å²) in [5, 5.41) is 7.20. The summed E-state index contributed by atoms with van der Waals surface area (Å²) in [4.78, 5) is 11.5. The minimum Gasteiger partial charge on any atom is -0.320 e. The number of aromatic nitrogens is 2. The van der Waals surface area contributed by atoms with Crippen molar-refractivity contribution in [3.63, 3.8) is 0 Å². The van der Waals surface area contributed by atoms with Crippen molar-refractivity contribution in [2.75, 3.05) is 5.32 Å². The lowest BCUT2D eigenvalue weighted by atomic mass is 10.1. The monoisotopic (exact) mass is 269 g/mol. The summed E-state index contributed by atoms with van der Waals surface area (Å²) < 4.78 is 1.86. The predicted octanol–water partition coefficient (Wildman–Crippen LogP) is 3.43. The topological polar surface area (TPSA) is 46.9 Å². The summed E-state index contributed by atoms with van der Waals surface area (Å²) in [6, 6.07) is 8.13. The maximum Gasteiger partial charge on any atom is 0.247 e. The maximum atomic E-state index is 11.5. The zero-order chi connectivity index (χ0) is 14.7. The molecule has 0 saturated carbocycles. The second kappa shape index (κ2) is 5.74. The molecule has 0 radical (unpaired) electrons. The molecule has 0 aliphatic heterocycles. The first-order valence-corrected chi connectivity index (χ1v) is 6.61. The van der Waals surface area contributed by atoms with Gasteiger partial charge in [-0.2, -0.15) is 5.10 Å². The first kappa shape index (κ1) is 14.1. The number of amides is 1. The number of anilines is 1. The Bertz CT molecular complexity index is 624. The largest absolute Gasteiger partial charge is 0.320 e. The van der Waals surface area contributed by atoms with Crippen LogP contribution in [-0.2, 0) is 4.79 Å². The Morgan fingerprint density at radius 2 is 2.00 bits per heavy atom. The van der Waals surface area contributed by atoms with Crippen LogP contribution in [0.4, 0.5) is 5.69 Å². The molecule has 1 aromatic carbocycles. The molecular formula is C16H19N3O. The fraction of sp³-hybridized carbons (Fsp3) is 0.250. The molecule has 104 valence electrons. The third-order valence-electron chi connectivity index (χ3n) is 3.08. The van der Waals surface area contributed by atoms with Gasteiger partial charge in [-0.3, -0.25) is 4.79 Å². The third kappa shape index (κ3) is 2.79. The highest BCUT2D eigenvalue weighted by Gasteiger charge is 2.16. The molecule has 0 aliphatic carbocycles. The van der Waals surface area contributed by atoms with Crippen LogP contribution in [0.3, 0.4) is 0 Å². The highest BCUT2D eigenvalue weighted by Crippen LogP contribution is 2.27. The zero-order valence-electron chi connectivity index (χ0n) is 12.1. The Kier molecular flexibility index (Phi) is 4.03. The molecule has 0 atom stereocenters. The SMILES string of the molecule is C=CC(=O)Nc1cnn(-c2ccc(C)cc2)c1C(C)C. The fourth-order valence-corrected chi connectivity index (χ4v) is 2.09. The minimum atomic E-state index is -0.227. The van der Waals surface area contributed by atoms with Gasteiger partial charge in [-0.15, -0.1) is 0 Å². The van der Waals surface area contributed by atoms with E-state index in [1.54, 1.807) is 6.20 Å². The molecule has 4 nitrogen and oxygen atoms in total. The Morgan fingerprint density at radius 1 is 1.35 bits per heavy atom. The summed E-state index contributed by atoms with van der Waals surface area (Å²) >= 11 is 0. The first-order chi connectivity index (χ1) is 9.52. The van der Waals surface area contributed by atoms with Gasteiger partial charge in [0, 0.05) is 0 Å². The van der Waals surface area contributed by atoms with Gasteiger partial charge < -0.3 is 5.32 Å². The molecule has 1 heterocycles. The lowest BCUT2D eigenvalue weighted by Gasteiger charge is -2.13. The van der Waals surface area contributed by atoms with Gasteiger partial charge in [0.15, 0.2) is 0 Å². The van der Waals surface area contributed by atoms with Crippen LogP contribution in [-0.4, -0.2) is 15.7 Å². The summed E-state index contributed by atoms with van der Waals surface area (Å²) in [7, 11) is 0. The van der Waals surface area contributed by atoms with Gasteiger partial charge in [-0.1, -0.05) is 38.1 Å². The van der Waals surface area contributed by atoms with E-state index in [1.807, 2.05) is 35.9 Å². The predicted molar refractivity (Wildman–Crippen MR) is 81.2 cm³/mol. The van der Waals surface area contributed by atoms with E-state index in [9.17, 15) is 4.79 Å². The number of carbonyl (C=O) groups excluding carboxylic acids is 1. The minimum absolute atomic E-state index is 0.227. The second-order valence-electron chi connectivity index (χ2n) is 5.04. The van der Waals surface area contributed by atoms with Gasteiger partial charge >= 0.3 is 0 Å². The van der Waals surface area contributed by atoms with E-state index >= 15 is 0 Å². The molecule has 20 heavy (non-hydrogen) atoms. The lowest BCUT2D eigenvalue weighted by Crippen LogP contribution is -2.11. The Balaban J connectivity index is 2.46. The number of rotatable bonds is 4. The summed E-state index contributed by atoms with van der Waals surface area (Å²) in [6.07, 6.45) is 2.93. The normalized spacial score (nSPS) is 10.6. The van der Waals surface area contributed by atoms with Gasteiger partial charge in [0.05, 0.1) is 23.3 Å². The molecule has 0 spiro atoms. The maximum absolute atomic E-state index is 11.5. The van der Waals surface area contributed by atoms with Gasteiger partial charge in [-0.25, -0.2) is 4.68 Å². The quantitative estimate of drug-likeness (QED) is 0.864. The van der Waals surface area contributed by atoms with E-state index in [1.165, 1.54) is 11.6 Å². The molecule has 0 bridgehead atoms. The Labute approximate surface area is 119 Å². The van der Waals surface area contributed by atoms with Gasteiger partial charge in [0.1, 0.15) is 0 Å². The van der Waals surface area contributed by atoms with E-state index in [0.29, 0.717) is 0 Å². The van der Waals surface area contributed by atoms with E-state index in [-0.39, 0.29) is 11.8 Å². The number of nitrogens with one attached hydrogen (secondary N) is 1. The summed E-state index contributed by atoms with van der Waals surface area (Å²) in [5.74, 6) is 0.00859. The van der Waals surface area contributed by atoms with Crippen LogP contribution in [0.2, 0.25) is 0 Å². The Morgan fingerprint density at radius 3 is 2.55 bits per heavy atom. The second-order valence-corrected chi connectivity index (χ2v) is 5.04. The number of nitrogens with zero attached hydrogens (tertiary/aromatic N) is 2. The molecule has 0 fully saturated rings. The standard InChI is InChI=1S/C16H19N3O/c1-5-15(20)18-14-10-17-19(16(14)11(2)3)13-8-6-12(4)7-9-13/h5-11H,1H2,2-4H3,(H,18,20). The van der Waals surface area contributed by atoms with Crippen molar-refractivity contribution < 1.29 is 4.79 Å².